The fourth-order valence-corrected chi connectivity index (χ4v) is 3.10. The molecule has 1 saturated heterocycles. The maximum absolute atomic E-state index is 5.67. The first-order valence-electron chi connectivity index (χ1n) is 10.4. The summed E-state index contributed by atoms with van der Waals surface area (Å²) < 4.78 is 11.1. The molecule has 0 unspecified atom stereocenters. The third kappa shape index (κ3) is 10.7. The van der Waals surface area contributed by atoms with Gasteiger partial charge in [0.2, 0.25) is 0 Å². The van der Waals surface area contributed by atoms with Crippen LogP contribution in [0.5, 0.6) is 0 Å². The van der Waals surface area contributed by atoms with Crippen LogP contribution >= 0.6 is 24.0 Å². The molecule has 162 valence electrons. The van der Waals surface area contributed by atoms with Crippen LogP contribution in [0.4, 0.5) is 0 Å². The van der Waals surface area contributed by atoms with Crippen molar-refractivity contribution >= 4 is 29.9 Å². The molecule has 0 radical (unpaired) electrons. The summed E-state index contributed by atoms with van der Waals surface area (Å²) in [6.07, 6.45) is 5.19. The van der Waals surface area contributed by atoms with E-state index in [9.17, 15) is 0 Å². The Morgan fingerprint density at radius 3 is 2.64 bits per heavy atom. The highest BCUT2D eigenvalue weighted by Gasteiger charge is 2.20. The number of nitrogens with one attached hydrogen (secondary N) is 2. The lowest BCUT2D eigenvalue weighted by atomic mass is 10.1. The van der Waals surface area contributed by atoms with Gasteiger partial charge in [-0.3, -0.25) is 4.99 Å². The number of piperidine rings is 1. The van der Waals surface area contributed by atoms with Crippen LogP contribution in [0.25, 0.3) is 0 Å². The molecule has 0 aromatic carbocycles. The second-order valence-corrected chi connectivity index (χ2v) is 8.02. The summed E-state index contributed by atoms with van der Waals surface area (Å²) in [6.45, 7) is 14.3. The van der Waals surface area contributed by atoms with Crippen LogP contribution < -0.4 is 10.6 Å². The third-order valence-electron chi connectivity index (χ3n) is 4.65. The lowest BCUT2D eigenvalue weighted by Crippen LogP contribution is -2.49. The van der Waals surface area contributed by atoms with E-state index in [1.165, 1.54) is 0 Å². The number of hydrogen-bond acceptors (Lipinski definition) is 4. The fraction of sp³-hybridized carbons (Fsp3) is 0.762. The van der Waals surface area contributed by atoms with Gasteiger partial charge in [0.1, 0.15) is 5.76 Å². The molecule has 0 saturated carbocycles. The molecule has 1 aromatic heterocycles. The quantitative estimate of drug-likeness (QED) is 0.289. The monoisotopic (exact) mass is 506 g/mol. The number of guanidine groups is 1. The van der Waals surface area contributed by atoms with Crippen LogP contribution in [0.1, 0.15) is 46.3 Å². The molecule has 1 fully saturated rings. The first-order chi connectivity index (χ1) is 13.0. The molecule has 2 N–H and O–H groups in total. The van der Waals surface area contributed by atoms with Crippen molar-refractivity contribution in [1.29, 1.82) is 0 Å². The van der Waals surface area contributed by atoms with Crippen molar-refractivity contribution in [2.24, 2.45) is 10.9 Å². The van der Waals surface area contributed by atoms with Gasteiger partial charge in [0.15, 0.2) is 5.96 Å². The van der Waals surface area contributed by atoms with E-state index in [1.807, 2.05) is 12.1 Å². The van der Waals surface area contributed by atoms with Crippen molar-refractivity contribution in [3.63, 3.8) is 0 Å². The maximum atomic E-state index is 5.67. The Bertz CT molecular complexity index is 527. The number of furan rings is 1. The minimum atomic E-state index is 0. The summed E-state index contributed by atoms with van der Waals surface area (Å²) in [5, 5.41) is 7.10. The number of ether oxygens (including phenoxy) is 1. The number of likely N-dealkylation sites (tertiary alicyclic amines) is 1. The number of aliphatic imine (C=N–C) groups is 1. The Kier molecular flexibility index (Phi) is 12.8. The molecule has 6 nitrogen and oxygen atoms in total. The van der Waals surface area contributed by atoms with E-state index in [1.54, 1.807) is 6.26 Å². The van der Waals surface area contributed by atoms with Gasteiger partial charge in [-0.1, -0.05) is 13.8 Å². The molecule has 0 amide bonds. The molecule has 7 heteroatoms. The predicted octanol–water partition coefficient (Wildman–Crippen LogP) is 3.52. The molecular formula is C21H39IN4O2. The Labute approximate surface area is 187 Å². The van der Waals surface area contributed by atoms with Gasteiger partial charge in [0.25, 0.3) is 0 Å². The summed E-state index contributed by atoms with van der Waals surface area (Å²) in [6, 6.07) is 4.43. The van der Waals surface area contributed by atoms with Crippen LogP contribution in [0, 0.1) is 5.92 Å². The van der Waals surface area contributed by atoms with Crippen molar-refractivity contribution in [2.45, 2.75) is 59.1 Å². The van der Waals surface area contributed by atoms with E-state index in [0.29, 0.717) is 18.1 Å². The van der Waals surface area contributed by atoms with Crippen LogP contribution in [-0.4, -0.2) is 62.3 Å². The molecule has 28 heavy (non-hydrogen) atoms. The summed E-state index contributed by atoms with van der Waals surface area (Å²) in [5.41, 5.74) is 0. The highest BCUT2D eigenvalue weighted by Crippen LogP contribution is 2.10. The summed E-state index contributed by atoms with van der Waals surface area (Å²) >= 11 is 0. The smallest absolute Gasteiger partial charge is 0.191 e. The molecule has 0 atom stereocenters. The van der Waals surface area contributed by atoms with Crippen molar-refractivity contribution in [2.75, 3.05) is 39.3 Å². The van der Waals surface area contributed by atoms with Gasteiger partial charge in [0, 0.05) is 45.2 Å². The Hall–Kier alpha value is -0.800. The predicted molar refractivity (Wildman–Crippen MR) is 127 cm³/mol. The standard InChI is InChI=1S/C21H38N4O2.HI/c1-17(2)16-23-21(22-10-7-20-6-5-14-27-20)24-19-8-11-25(12-9-19)13-15-26-18(3)4;/h5-6,14,17-19H,7-13,15-16H2,1-4H3,(H2,22,23,24);1H. The molecule has 2 rings (SSSR count). The second kappa shape index (κ2) is 14.2. The van der Waals surface area contributed by atoms with Gasteiger partial charge < -0.3 is 24.7 Å². The highest BCUT2D eigenvalue weighted by atomic mass is 127. The normalized spacial score (nSPS) is 16.4. The minimum Gasteiger partial charge on any atom is -0.469 e. The molecule has 2 heterocycles. The summed E-state index contributed by atoms with van der Waals surface area (Å²) in [7, 11) is 0. The van der Waals surface area contributed by atoms with Crippen molar-refractivity contribution in [1.82, 2.24) is 15.5 Å². The zero-order chi connectivity index (χ0) is 19.5. The molecular weight excluding hydrogens is 467 g/mol. The Morgan fingerprint density at radius 1 is 1.29 bits per heavy atom. The topological polar surface area (TPSA) is 62.0 Å². The first-order valence-corrected chi connectivity index (χ1v) is 10.4. The van der Waals surface area contributed by atoms with Gasteiger partial charge in [-0.15, -0.1) is 24.0 Å². The van der Waals surface area contributed by atoms with E-state index >= 15 is 0 Å². The average Bonchev–Trinajstić information content (AvgIpc) is 3.14. The summed E-state index contributed by atoms with van der Waals surface area (Å²) in [5.74, 6) is 2.48. The van der Waals surface area contributed by atoms with Crippen molar-refractivity contribution in [3.8, 4) is 0 Å². The van der Waals surface area contributed by atoms with Gasteiger partial charge >= 0.3 is 0 Å². The van der Waals surface area contributed by atoms with E-state index in [-0.39, 0.29) is 24.0 Å². The highest BCUT2D eigenvalue weighted by molar-refractivity contribution is 14.0. The van der Waals surface area contributed by atoms with E-state index in [4.69, 9.17) is 14.1 Å². The SMILES string of the molecule is CC(C)CN=C(NCCc1ccco1)NC1CCN(CCOC(C)C)CC1.I. The van der Waals surface area contributed by atoms with E-state index < -0.39 is 0 Å². The molecule has 1 aliphatic heterocycles. The Balaban J connectivity index is 0.00000392. The van der Waals surface area contributed by atoms with E-state index in [0.717, 1.165) is 70.3 Å². The van der Waals surface area contributed by atoms with Crippen LogP contribution in [-0.2, 0) is 11.2 Å². The number of rotatable bonds is 10. The van der Waals surface area contributed by atoms with Gasteiger partial charge in [-0.05, 0) is 44.7 Å². The van der Waals surface area contributed by atoms with Crippen LogP contribution in [0.3, 0.4) is 0 Å². The molecule has 1 aliphatic rings. The largest absolute Gasteiger partial charge is 0.469 e. The first kappa shape index (κ1) is 25.2. The lowest BCUT2D eigenvalue weighted by Gasteiger charge is -2.33. The van der Waals surface area contributed by atoms with Crippen LogP contribution in [0.15, 0.2) is 27.8 Å². The van der Waals surface area contributed by atoms with E-state index in [2.05, 4.69) is 43.2 Å². The van der Waals surface area contributed by atoms with Gasteiger partial charge in [-0.2, -0.15) is 0 Å². The zero-order valence-corrected chi connectivity index (χ0v) is 20.3. The number of nitrogens with zero attached hydrogens (tertiary/aromatic N) is 2. The average molecular weight is 506 g/mol. The van der Waals surface area contributed by atoms with Crippen molar-refractivity contribution in [3.05, 3.63) is 24.2 Å². The third-order valence-corrected chi connectivity index (χ3v) is 4.65. The van der Waals surface area contributed by atoms with Gasteiger partial charge in [-0.25, -0.2) is 0 Å². The second-order valence-electron chi connectivity index (χ2n) is 8.02. The van der Waals surface area contributed by atoms with Crippen LogP contribution in [0.2, 0.25) is 0 Å². The Morgan fingerprint density at radius 2 is 2.04 bits per heavy atom. The van der Waals surface area contributed by atoms with Crippen molar-refractivity contribution < 1.29 is 9.15 Å². The zero-order valence-electron chi connectivity index (χ0n) is 17.9. The lowest BCUT2D eigenvalue weighted by molar-refractivity contribution is 0.0532. The molecule has 0 spiro atoms. The molecule has 0 aliphatic carbocycles. The minimum absolute atomic E-state index is 0. The number of hydrogen-bond donors (Lipinski definition) is 2. The number of halogens is 1. The molecule has 1 aromatic rings. The molecule has 0 bridgehead atoms. The fourth-order valence-electron chi connectivity index (χ4n) is 3.10. The van der Waals surface area contributed by atoms with Gasteiger partial charge in [0.05, 0.1) is 19.0 Å². The maximum Gasteiger partial charge on any atom is 0.191 e. The summed E-state index contributed by atoms with van der Waals surface area (Å²) in [4.78, 5) is 7.25.